The maximum atomic E-state index is 11.1. The van der Waals surface area contributed by atoms with Gasteiger partial charge in [0.25, 0.3) is 0 Å². The SMILES string of the molecule is CC#C[C@@H](CC(=O)O)c1ccc(OCc2ccnc3c2c(C)cn3CC(C)C)cc1. The minimum Gasteiger partial charge on any atom is -0.489 e. The largest absolute Gasteiger partial charge is 0.489 e. The third-order valence-electron chi connectivity index (χ3n) is 4.97. The maximum absolute atomic E-state index is 11.1. The predicted molar refractivity (Wildman–Crippen MR) is 119 cm³/mol. The van der Waals surface area contributed by atoms with Gasteiger partial charge in [0.15, 0.2) is 0 Å². The molecule has 1 atom stereocenters. The number of ether oxygens (including phenoxy) is 1. The van der Waals surface area contributed by atoms with Crippen LogP contribution < -0.4 is 4.74 Å². The molecule has 0 spiro atoms. The van der Waals surface area contributed by atoms with Crippen molar-refractivity contribution in [2.45, 2.75) is 53.2 Å². The second-order valence-corrected chi connectivity index (χ2v) is 7.93. The van der Waals surface area contributed by atoms with Gasteiger partial charge in [-0.25, -0.2) is 4.98 Å². The number of pyridine rings is 1. The van der Waals surface area contributed by atoms with Gasteiger partial charge in [0.1, 0.15) is 18.0 Å². The highest BCUT2D eigenvalue weighted by atomic mass is 16.5. The first-order valence-electron chi connectivity index (χ1n) is 10.2. The van der Waals surface area contributed by atoms with Crippen LogP contribution in [-0.4, -0.2) is 20.6 Å². The summed E-state index contributed by atoms with van der Waals surface area (Å²) in [6.07, 6.45) is 3.98. The van der Waals surface area contributed by atoms with E-state index in [1.807, 2.05) is 36.5 Å². The molecule has 156 valence electrons. The molecule has 30 heavy (non-hydrogen) atoms. The number of carboxylic acid groups (broad SMARTS) is 1. The van der Waals surface area contributed by atoms with Crippen molar-refractivity contribution < 1.29 is 14.6 Å². The normalized spacial score (nSPS) is 11.9. The summed E-state index contributed by atoms with van der Waals surface area (Å²) in [5.74, 6) is 5.89. The number of aliphatic carboxylic acids is 1. The molecule has 0 aliphatic heterocycles. The van der Waals surface area contributed by atoms with Crippen molar-refractivity contribution in [1.82, 2.24) is 9.55 Å². The molecule has 3 rings (SSSR count). The van der Waals surface area contributed by atoms with Gasteiger partial charge >= 0.3 is 5.97 Å². The Balaban J connectivity index is 1.77. The lowest BCUT2D eigenvalue weighted by atomic mass is 9.96. The van der Waals surface area contributed by atoms with Gasteiger partial charge in [-0.3, -0.25) is 4.79 Å². The number of hydrogen-bond acceptors (Lipinski definition) is 3. The van der Waals surface area contributed by atoms with Crippen LogP contribution in [0.1, 0.15) is 49.8 Å². The molecule has 0 bridgehead atoms. The van der Waals surface area contributed by atoms with Gasteiger partial charge < -0.3 is 14.4 Å². The first-order chi connectivity index (χ1) is 14.4. The van der Waals surface area contributed by atoms with E-state index in [2.05, 4.69) is 48.4 Å². The molecule has 0 radical (unpaired) electrons. The van der Waals surface area contributed by atoms with Crippen molar-refractivity contribution in [3.63, 3.8) is 0 Å². The van der Waals surface area contributed by atoms with E-state index in [4.69, 9.17) is 9.84 Å². The van der Waals surface area contributed by atoms with Crippen LogP contribution in [0, 0.1) is 24.7 Å². The molecule has 0 aliphatic rings. The van der Waals surface area contributed by atoms with Crippen molar-refractivity contribution in [3.05, 3.63) is 59.4 Å². The van der Waals surface area contributed by atoms with Crippen LogP contribution in [0.5, 0.6) is 5.75 Å². The minimum atomic E-state index is -0.857. The van der Waals surface area contributed by atoms with Gasteiger partial charge in [0.05, 0.1) is 12.3 Å². The van der Waals surface area contributed by atoms with Gasteiger partial charge in [0.2, 0.25) is 0 Å². The molecule has 0 aliphatic carbocycles. The van der Waals surface area contributed by atoms with E-state index in [1.54, 1.807) is 6.92 Å². The van der Waals surface area contributed by atoms with E-state index < -0.39 is 5.97 Å². The van der Waals surface area contributed by atoms with Gasteiger partial charge in [-0.05, 0) is 49.1 Å². The van der Waals surface area contributed by atoms with Crippen LogP contribution in [0.15, 0.2) is 42.7 Å². The van der Waals surface area contributed by atoms with Crippen molar-refractivity contribution in [1.29, 1.82) is 0 Å². The Bertz CT molecular complexity index is 1090. The van der Waals surface area contributed by atoms with E-state index >= 15 is 0 Å². The Morgan fingerprint density at radius 1 is 1.23 bits per heavy atom. The summed E-state index contributed by atoms with van der Waals surface area (Å²) in [5, 5.41) is 10.2. The number of aryl methyl sites for hydroxylation is 1. The quantitative estimate of drug-likeness (QED) is 0.527. The number of rotatable bonds is 8. The summed E-state index contributed by atoms with van der Waals surface area (Å²) in [5.41, 5.74) is 4.17. The third kappa shape index (κ3) is 5.01. The Hall–Kier alpha value is -3.26. The summed E-state index contributed by atoms with van der Waals surface area (Å²) in [4.78, 5) is 15.7. The van der Waals surface area contributed by atoms with E-state index in [1.165, 1.54) is 5.56 Å². The van der Waals surface area contributed by atoms with Crippen molar-refractivity contribution in [3.8, 4) is 17.6 Å². The first-order valence-corrected chi connectivity index (χ1v) is 10.2. The van der Waals surface area contributed by atoms with Crippen LogP contribution >= 0.6 is 0 Å². The molecule has 5 nitrogen and oxygen atoms in total. The molecule has 0 saturated heterocycles. The van der Waals surface area contributed by atoms with Crippen molar-refractivity contribution in [2.75, 3.05) is 0 Å². The summed E-state index contributed by atoms with van der Waals surface area (Å²) >= 11 is 0. The number of carbonyl (C=O) groups is 1. The first kappa shape index (κ1) is 21.4. The number of hydrogen-bond donors (Lipinski definition) is 1. The number of carboxylic acids is 1. The average Bonchev–Trinajstić information content (AvgIpc) is 3.01. The van der Waals surface area contributed by atoms with Crippen LogP contribution in [0.3, 0.4) is 0 Å². The summed E-state index contributed by atoms with van der Waals surface area (Å²) in [7, 11) is 0. The van der Waals surface area contributed by atoms with Gasteiger partial charge in [-0.15, -0.1) is 5.92 Å². The number of nitrogens with zero attached hydrogens (tertiary/aromatic N) is 2. The van der Waals surface area contributed by atoms with Crippen LogP contribution in [-0.2, 0) is 17.9 Å². The zero-order valence-electron chi connectivity index (χ0n) is 18.0. The molecule has 0 unspecified atom stereocenters. The van der Waals surface area contributed by atoms with E-state index in [9.17, 15) is 4.79 Å². The monoisotopic (exact) mass is 404 g/mol. The standard InChI is InChI=1S/C25H28N2O3/c1-5-6-20(13-23(28)29)19-7-9-22(10-8-19)30-16-21-11-12-26-25-24(21)18(4)15-27(25)14-17(2)3/h7-12,15,17,20H,13-14,16H2,1-4H3,(H,28,29)/t20-/m0/s1. The predicted octanol–water partition coefficient (Wildman–Crippen LogP) is 5.16. The zero-order valence-corrected chi connectivity index (χ0v) is 18.0. The molecule has 0 amide bonds. The fourth-order valence-electron chi connectivity index (χ4n) is 3.71. The molecule has 2 aromatic heterocycles. The molecule has 5 heteroatoms. The van der Waals surface area contributed by atoms with Crippen molar-refractivity contribution >= 4 is 17.0 Å². The number of fused-ring (bicyclic) bond motifs is 1. The molecule has 0 saturated carbocycles. The van der Waals surface area contributed by atoms with Gasteiger partial charge in [-0.2, -0.15) is 0 Å². The smallest absolute Gasteiger partial charge is 0.304 e. The van der Waals surface area contributed by atoms with E-state index in [0.29, 0.717) is 12.5 Å². The topological polar surface area (TPSA) is 64.3 Å². The lowest BCUT2D eigenvalue weighted by Crippen LogP contribution is -2.05. The zero-order chi connectivity index (χ0) is 21.7. The van der Waals surface area contributed by atoms with Crippen molar-refractivity contribution in [2.24, 2.45) is 5.92 Å². The second-order valence-electron chi connectivity index (χ2n) is 7.93. The van der Waals surface area contributed by atoms with Crippen LogP contribution in [0.2, 0.25) is 0 Å². The highest BCUT2D eigenvalue weighted by Crippen LogP contribution is 2.26. The van der Waals surface area contributed by atoms with Gasteiger partial charge in [0, 0.05) is 29.9 Å². The van der Waals surface area contributed by atoms with E-state index in [0.717, 1.165) is 34.5 Å². The highest BCUT2D eigenvalue weighted by molar-refractivity contribution is 5.83. The fourth-order valence-corrected chi connectivity index (χ4v) is 3.71. The molecule has 2 heterocycles. The molecule has 0 fully saturated rings. The highest BCUT2D eigenvalue weighted by Gasteiger charge is 2.14. The number of benzene rings is 1. The summed E-state index contributed by atoms with van der Waals surface area (Å²) in [6.45, 7) is 9.60. The minimum absolute atomic E-state index is 0.0112. The Labute approximate surface area is 177 Å². The molecular weight excluding hydrogens is 376 g/mol. The average molecular weight is 405 g/mol. The maximum Gasteiger partial charge on any atom is 0.304 e. The Morgan fingerprint density at radius 3 is 2.60 bits per heavy atom. The van der Waals surface area contributed by atoms with E-state index in [-0.39, 0.29) is 12.3 Å². The molecule has 1 N–H and O–H groups in total. The lowest BCUT2D eigenvalue weighted by molar-refractivity contribution is -0.137. The number of aromatic nitrogens is 2. The van der Waals surface area contributed by atoms with Crippen LogP contribution in [0.25, 0.3) is 11.0 Å². The summed E-state index contributed by atoms with van der Waals surface area (Å²) in [6, 6.07) is 9.52. The molecular formula is C25H28N2O3. The third-order valence-corrected chi connectivity index (χ3v) is 4.97. The lowest BCUT2D eigenvalue weighted by Gasteiger charge is -2.12. The molecule has 3 aromatic rings. The Morgan fingerprint density at radius 2 is 1.97 bits per heavy atom. The molecule has 1 aromatic carbocycles. The van der Waals surface area contributed by atoms with Crippen LogP contribution in [0.4, 0.5) is 0 Å². The Kier molecular flexibility index (Phi) is 6.79. The second kappa shape index (κ2) is 9.49. The van der Waals surface area contributed by atoms with Gasteiger partial charge in [-0.1, -0.05) is 31.9 Å². The fraction of sp³-hybridized carbons (Fsp3) is 0.360. The summed E-state index contributed by atoms with van der Waals surface area (Å²) < 4.78 is 8.25.